The smallest absolute Gasteiger partial charge is 0.220 e. The molecule has 0 aliphatic carbocycles. The van der Waals surface area contributed by atoms with Crippen molar-refractivity contribution >= 4 is 5.91 Å². The summed E-state index contributed by atoms with van der Waals surface area (Å²) in [5.74, 6) is 1.46. The van der Waals surface area contributed by atoms with E-state index in [1.165, 1.54) is 38.5 Å². The zero-order chi connectivity index (χ0) is 13.2. The van der Waals surface area contributed by atoms with Gasteiger partial charge in [-0.3, -0.25) is 4.79 Å². The van der Waals surface area contributed by atoms with Gasteiger partial charge in [-0.2, -0.15) is 0 Å². The summed E-state index contributed by atoms with van der Waals surface area (Å²) >= 11 is 0. The Bertz CT molecular complexity index is 225. The Morgan fingerprint density at radius 2 is 2.28 bits per heavy atom. The summed E-state index contributed by atoms with van der Waals surface area (Å²) in [5.41, 5.74) is 0. The molecule has 1 amide bonds. The number of carbonyl (C=O) groups excluding carboxylic acids is 1. The molecule has 0 aromatic carbocycles. The summed E-state index contributed by atoms with van der Waals surface area (Å²) in [6, 6.07) is 0. The van der Waals surface area contributed by atoms with E-state index in [1.807, 2.05) is 0 Å². The molecule has 2 atom stereocenters. The minimum Gasteiger partial charge on any atom is -0.356 e. The van der Waals surface area contributed by atoms with E-state index in [2.05, 4.69) is 24.5 Å². The van der Waals surface area contributed by atoms with Crippen LogP contribution in [0.2, 0.25) is 0 Å². The van der Waals surface area contributed by atoms with Gasteiger partial charge < -0.3 is 10.6 Å². The van der Waals surface area contributed by atoms with Crippen LogP contribution in [0.15, 0.2) is 0 Å². The number of rotatable bonds is 8. The van der Waals surface area contributed by atoms with Gasteiger partial charge in [-0.25, -0.2) is 0 Å². The van der Waals surface area contributed by atoms with Crippen LogP contribution in [-0.2, 0) is 4.79 Å². The first-order chi connectivity index (χ1) is 8.76. The quantitative estimate of drug-likeness (QED) is 0.699. The van der Waals surface area contributed by atoms with Gasteiger partial charge in [-0.05, 0) is 44.2 Å². The van der Waals surface area contributed by atoms with Crippen LogP contribution in [-0.4, -0.2) is 25.5 Å². The fraction of sp³-hybridized carbons (Fsp3) is 0.933. The van der Waals surface area contributed by atoms with E-state index in [0.29, 0.717) is 18.3 Å². The van der Waals surface area contributed by atoms with Crippen molar-refractivity contribution in [2.75, 3.05) is 19.6 Å². The lowest BCUT2D eigenvalue weighted by atomic mass is 9.95. The third kappa shape index (κ3) is 6.39. The first-order valence-electron chi connectivity index (χ1n) is 7.73. The van der Waals surface area contributed by atoms with Crippen molar-refractivity contribution in [3.05, 3.63) is 0 Å². The highest BCUT2D eigenvalue weighted by Crippen LogP contribution is 2.14. The van der Waals surface area contributed by atoms with Gasteiger partial charge in [0.1, 0.15) is 0 Å². The van der Waals surface area contributed by atoms with E-state index in [0.717, 1.165) is 19.6 Å². The maximum atomic E-state index is 11.9. The number of hydrogen-bond donors (Lipinski definition) is 2. The molecule has 0 aromatic heterocycles. The normalized spacial score (nSPS) is 21.6. The highest BCUT2D eigenvalue weighted by molar-refractivity contribution is 5.76. The fourth-order valence-corrected chi connectivity index (χ4v) is 2.63. The number of nitrogens with one attached hydrogen (secondary N) is 2. The lowest BCUT2D eigenvalue weighted by Gasteiger charge is -2.22. The van der Waals surface area contributed by atoms with Gasteiger partial charge in [0.2, 0.25) is 5.91 Å². The second-order valence-corrected chi connectivity index (χ2v) is 5.64. The molecule has 3 nitrogen and oxygen atoms in total. The molecule has 2 unspecified atom stereocenters. The standard InChI is InChI=1S/C15H30N2O/c1-3-5-7-13(4-2)12-17-15(18)10-14-8-6-9-16-11-14/h13-14,16H,3-12H2,1-2H3,(H,17,18). The van der Waals surface area contributed by atoms with Crippen molar-refractivity contribution in [3.63, 3.8) is 0 Å². The molecule has 0 saturated carbocycles. The molecule has 0 aromatic rings. The van der Waals surface area contributed by atoms with Crippen LogP contribution < -0.4 is 10.6 Å². The number of carbonyl (C=O) groups is 1. The zero-order valence-corrected chi connectivity index (χ0v) is 12.1. The molecule has 0 radical (unpaired) electrons. The van der Waals surface area contributed by atoms with Crippen LogP contribution in [0.25, 0.3) is 0 Å². The van der Waals surface area contributed by atoms with Gasteiger partial charge in [-0.1, -0.05) is 33.1 Å². The van der Waals surface area contributed by atoms with E-state index in [1.54, 1.807) is 0 Å². The molecule has 1 heterocycles. The van der Waals surface area contributed by atoms with Crippen molar-refractivity contribution in [1.82, 2.24) is 10.6 Å². The van der Waals surface area contributed by atoms with E-state index in [4.69, 9.17) is 0 Å². The van der Waals surface area contributed by atoms with Crippen molar-refractivity contribution in [2.24, 2.45) is 11.8 Å². The van der Waals surface area contributed by atoms with Crippen LogP contribution in [0.1, 0.15) is 58.8 Å². The van der Waals surface area contributed by atoms with Crippen molar-refractivity contribution in [2.45, 2.75) is 58.8 Å². The van der Waals surface area contributed by atoms with E-state index in [9.17, 15) is 4.79 Å². The van der Waals surface area contributed by atoms with Crippen molar-refractivity contribution < 1.29 is 4.79 Å². The Balaban J connectivity index is 2.14. The average molecular weight is 254 g/mol. The third-order valence-corrected chi connectivity index (χ3v) is 4.00. The van der Waals surface area contributed by atoms with Crippen LogP contribution in [0.5, 0.6) is 0 Å². The maximum Gasteiger partial charge on any atom is 0.220 e. The first kappa shape index (κ1) is 15.5. The minimum absolute atomic E-state index is 0.249. The number of piperidine rings is 1. The molecular weight excluding hydrogens is 224 g/mol. The molecule has 2 N–H and O–H groups in total. The average Bonchev–Trinajstić information content (AvgIpc) is 2.40. The Morgan fingerprint density at radius 3 is 2.89 bits per heavy atom. The SMILES string of the molecule is CCCCC(CC)CNC(=O)CC1CCCNC1. The van der Waals surface area contributed by atoms with E-state index >= 15 is 0 Å². The Kier molecular flexibility index (Phi) is 8.06. The number of hydrogen-bond acceptors (Lipinski definition) is 2. The monoisotopic (exact) mass is 254 g/mol. The molecule has 1 rings (SSSR count). The predicted octanol–water partition coefficient (Wildman–Crippen LogP) is 2.71. The fourth-order valence-electron chi connectivity index (χ4n) is 2.63. The summed E-state index contributed by atoms with van der Waals surface area (Å²) < 4.78 is 0. The third-order valence-electron chi connectivity index (χ3n) is 4.00. The van der Waals surface area contributed by atoms with Crippen LogP contribution >= 0.6 is 0 Å². The molecule has 106 valence electrons. The van der Waals surface area contributed by atoms with Crippen LogP contribution in [0, 0.1) is 11.8 Å². The van der Waals surface area contributed by atoms with Crippen LogP contribution in [0.3, 0.4) is 0 Å². The van der Waals surface area contributed by atoms with E-state index in [-0.39, 0.29) is 5.91 Å². The Labute approximate surface area is 112 Å². The summed E-state index contributed by atoms with van der Waals surface area (Å²) in [5, 5.41) is 6.49. The lowest BCUT2D eigenvalue weighted by molar-refractivity contribution is -0.122. The topological polar surface area (TPSA) is 41.1 Å². The second-order valence-electron chi connectivity index (χ2n) is 5.64. The largest absolute Gasteiger partial charge is 0.356 e. The molecule has 1 saturated heterocycles. The van der Waals surface area contributed by atoms with E-state index < -0.39 is 0 Å². The van der Waals surface area contributed by atoms with Gasteiger partial charge in [0.05, 0.1) is 0 Å². The Hall–Kier alpha value is -0.570. The van der Waals surface area contributed by atoms with Gasteiger partial charge in [0, 0.05) is 13.0 Å². The summed E-state index contributed by atoms with van der Waals surface area (Å²) in [4.78, 5) is 11.9. The first-order valence-corrected chi connectivity index (χ1v) is 7.73. The second kappa shape index (κ2) is 9.37. The van der Waals surface area contributed by atoms with Crippen molar-refractivity contribution in [3.8, 4) is 0 Å². The molecule has 18 heavy (non-hydrogen) atoms. The molecule has 1 aliphatic heterocycles. The van der Waals surface area contributed by atoms with Crippen LogP contribution in [0.4, 0.5) is 0 Å². The summed E-state index contributed by atoms with van der Waals surface area (Å²) in [6.07, 6.45) is 8.07. The zero-order valence-electron chi connectivity index (χ0n) is 12.1. The minimum atomic E-state index is 0.249. The highest BCUT2D eigenvalue weighted by Gasteiger charge is 2.17. The van der Waals surface area contributed by atoms with Crippen molar-refractivity contribution in [1.29, 1.82) is 0 Å². The summed E-state index contributed by atoms with van der Waals surface area (Å²) in [7, 11) is 0. The molecule has 1 aliphatic rings. The summed E-state index contributed by atoms with van der Waals surface area (Å²) in [6.45, 7) is 7.45. The van der Waals surface area contributed by atoms with Gasteiger partial charge in [-0.15, -0.1) is 0 Å². The maximum absolute atomic E-state index is 11.9. The van der Waals surface area contributed by atoms with Gasteiger partial charge >= 0.3 is 0 Å². The molecule has 0 spiro atoms. The molecule has 1 fully saturated rings. The number of amides is 1. The molecule has 0 bridgehead atoms. The highest BCUT2D eigenvalue weighted by atomic mass is 16.1. The lowest BCUT2D eigenvalue weighted by Crippen LogP contribution is -2.35. The Morgan fingerprint density at radius 1 is 1.44 bits per heavy atom. The van der Waals surface area contributed by atoms with Gasteiger partial charge in [0.15, 0.2) is 0 Å². The van der Waals surface area contributed by atoms with Gasteiger partial charge in [0.25, 0.3) is 0 Å². The molecule has 3 heteroatoms. The predicted molar refractivity (Wildman–Crippen MR) is 76.5 cm³/mol. The number of unbranched alkanes of at least 4 members (excludes halogenated alkanes) is 1. The molecular formula is C15H30N2O.